The highest BCUT2D eigenvalue weighted by Gasteiger charge is 2.18. The van der Waals surface area contributed by atoms with E-state index in [4.69, 9.17) is 10.3 Å². The molecule has 2 heterocycles. The fourth-order valence-corrected chi connectivity index (χ4v) is 2.78. The Hall–Kier alpha value is -2.14. The molecule has 0 aliphatic heterocycles. The van der Waals surface area contributed by atoms with Gasteiger partial charge in [-0.15, -0.1) is 11.3 Å². The maximum atomic E-state index is 13.0. The Morgan fingerprint density at radius 1 is 1.16 bits per heavy atom. The molecule has 3 nitrogen and oxygen atoms in total. The summed E-state index contributed by atoms with van der Waals surface area (Å²) in [4.78, 5) is 2.17. The van der Waals surface area contributed by atoms with Gasteiger partial charge >= 0.3 is 0 Å². The second-order valence-electron chi connectivity index (χ2n) is 4.19. The Bertz CT molecular complexity index is 715. The predicted molar refractivity (Wildman–Crippen MR) is 74.4 cm³/mol. The van der Waals surface area contributed by atoms with E-state index in [2.05, 4.69) is 5.16 Å². The molecule has 2 aromatic heterocycles. The van der Waals surface area contributed by atoms with Crippen molar-refractivity contribution in [2.45, 2.75) is 6.92 Å². The molecule has 3 aromatic rings. The lowest BCUT2D eigenvalue weighted by Crippen LogP contribution is -1.87. The average Bonchev–Trinajstić information content (AvgIpc) is 2.97. The molecular formula is C14H11FN2OS. The Morgan fingerprint density at radius 3 is 2.53 bits per heavy atom. The first-order valence-electron chi connectivity index (χ1n) is 5.73. The molecule has 0 spiro atoms. The van der Waals surface area contributed by atoms with Crippen molar-refractivity contribution in [1.29, 1.82) is 0 Å². The number of nitrogens with zero attached hydrogens (tertiary/aromatic N) is 1. The van der Waals surface area contributed by atoms with Gasteiger partial charge in [0.05, 0.1) is 10.4 Å². The second-order valence-corrected chi connectivity index (χ2v) is 5.48. The van der Waals surface area contributed by atoms with E-state index in [0.29, 0.717) is 11.3 Å². The maximum Gasteiger partial charge on any atom is 0.230 e. The summed E-state index contributed by atoms with van der Waals surface area (Å²) in [6.45, 7) is 2.02. The number of thiophene rings is 1. The zero-order valence-corrected chi connectivity index (χ0v) is 11.0. The number of benzene rings is 1. The third kappa shape index (κ3) is 2.13. The van der Waals surface area contributed by atoms with Crippen LogP contribution in [-0.2, 0) is 0 Å². The lowest BCUT2D eigenvalue weighted by atomic mass is 10.0. The van der Waals surface area contributed by atoms with Crippen molar-refractivity contribution in [3.05, 3.63) is 47.1 Å². The van der Waals surface area contributed by atoms with Gasteiger partial charge in [-0.3, -0.25) is 0 Å². The van der Waals surface area contributed by atoms with Crippen LogP contribution < -0.4 is 5.73 Å². The van der Waals surface area contributed by atoms with E-state index in [1.807, 2.05) is 19.1 Å². The van der Waals surface area contributed by atoms with Crippen LogP contribution in [-0.4, -0.2) is 5.16 Å². The molecule has 2 N–H and O–H groups in total. The third-order valence-corrected chi connectivity index (χ3v) is 3.83. The van der Waals surface area contributed by atoms with Crippen LogP contribution in [0.5, 0.6) is 0 Å². The molecule has 0 bridgehead atoms. The molecule has 96 valence electrons. The van der Waals surface area contributed by atoms with Gasteiger partial charge in [0.2, 0.25) is 5.88 Å². The van der Waals surface area contributed by atoms with Gasteiger partial charge in [-0.1, -0.05) is 17.3 Å². The number of nitrogen functional groups attached to an aromatic ring is 1. The first-order valence-corrected chi connectivity index (χ1v) is 6.54. The summed E-state index contributed by atoms with van der Waals surface area (Å²) in [5.41, 5.74) is 8.04. The molecule has 0 unspecified atom stereocenters. The quantitative estimate of drug-likeness (QED) is 0.765. The topological polar surface area (TPSA) is 52.0 Å². The molecule has 0 atom stereocenters. The van der Waals surface area contributed by atoms with Crippen LogP contribution in [0.4, 0.5) is 10.3 Å². The summed E-state index contributed by atoms with van der Waals surface area (Å²) < 4.78 is 18.1. The number of halogens is 1. The molecule has 0 aliphatic carbocycles. The van der Waals surface area contributed by atoms with Crippen LogP contribution in [0.2, 0.25) is 0 Å². The van der Waals surface area contributed by atoms with E-state index in [-0.39, 0.29) is 11.7 Å². The molecule has 1 aromatic carbocycles. The number of aryl methyl sites for hydroxylation is 1. The standard InChI is InChI=1S/C14H11FN2OS/c1-8-2-7-11(19-8)13-12(14(16)18-17-13)9-3-5-10(15)6-4-9/h2-7H,16H2,1H3. The van der Waals surface area contributed by atoms with E-state index in [1.165, 1.54) is 17.0 Å². The average molecular weight is 274 g/mol. The van der Waals surface area contributed by atoms with E-state index in [9.17, 15) is 4.39 Å². The van der Waals surface area contributed by atoms with Gasteiger partial charge in [0.15, 0.2) is 0 Å². The van der Waals surface area contributed by atoms with Gasteiger partial charge in [0.25, 0.3) is 0 Å². The SMILES string of the molecule is Cc1ccc(-c2noc(N)c2-c2ccc(F)cc2)s1. The summed E-state index contributed by atoms with van der Waals surface area (Å²) in [5, 5.41) is 4.01. The molecule has 3 rings (SSSR count). The fraction of sp³-hybridized carbons (Fsp3) is 0.0714. The van der Waals surface area contributed by atoms with Crippen molar-refractivity contribution >= 4 is 17.2 Å². The van der Waals surface area contributed by atoms with Crippen LogP contribution in [0.25, 0.3) is 21.7 Å². The van der Waals surface area contributed by atoms with E-state index < -0.39 is 0 Å². The fourth-order valence-electron chi connectivity index (χ4n) is 1.93. The number of aromatic nitrogens is 1. The Morgan fingerprint density at radius 2 is 1.89 bits per heavy atom. The number of anilines is 1. The van der Waals surface area contributed by atoms with Gasteiger partial charge in [-0.2, -0.15) is 0 Å². The maximum absolute atomic E-state index is 13.0. The summed E-state index contributed by atoms with van der Waals surface area (Å²) in [6, 6.07) is 10.1. The van der Waals surface area contributed by atoms with Crippen molar-refractivity contribution in [1.82, 2.24) is 5.16 Å². The summed E-state index contributed by atoms with van der Waals surface area (Å²) in [5.74, 6) is -0.0417. The second kappa shape index (κ2) is 4.51. The lowest BCUT2D eigenvalue weighted by Gasteiger charge is -2.00. The highest BCUT2D eigenvalue weighted by Crippen LogP contribution is 2.38. The molecule has 0 saturated carbocycles. The first-order chi connectivity index (χ1) is 9.15. The number of nitrogens with two attached hydrogens (primary N) is 1. The van der Waals surface area contributed by atoms with Crippen molar-refractivity contribution in [3.63, 3.8) is 0 Å². The number of rotatable bonds is 2. The molecule has 0 saturated heterocycles. The molecule has 0 aliphatic rings. The summed E-state index contributed by atoms with van der Waals surface area (Å²) >= 11 is 1.61. The number of hydrogen-bond donors (Lipinski definition) is 1. The smallest absolute Gasteiger partial charge is 0.230 e. The van der Waals surface area contributed by atoms with E-state index >= 15 is 0 Å². The highest BCUT2D eigenvalue weighted by molar-refractivity contribution is 7.15. The van der Waals surface area contributed by atoms with Crippen molar-refractivity contribution in [3.8, 4) is 21.7 Å². The minimum Gasteiger partial charge on any atom is -0.367 e. The first kappa shape index (κ1) is 11.9. The predicted octanol–water partition coefficient (Wildman–Crippen LogP) is 4.10. The van der Waals surface area contributed by atoms with Gasteiger partial charge < -0.3 is 10.3 Å². The molecule has 0 radical (unpaired) electrons. The van der Waals surface area contributed by atoms with Crippen LogP contribution in [0, 0.1) is 12.7 Å². The zero-order chi connectivity index (χ0) is 13.4. The lowest BCUT2D eigenvalue weighted by molar-refractivity contribution is 0.439. The van der Waals surface area contributed by atoms with E-state index in [0.717, 1.165) is 10.4 Å². The van der Waals surface area contributed by atoms with Crippen molar-refractivity contribution in [2.24, 2.45) is 0 Å². The Labute approximate surface area is 113 Å². The minimum atomic E-state index is -0.285. The third-order valence-electron chi connectivity index (χ3n) is 2.83. The molecule has 19 heavy (non-hydrogen) atoms. The van der Waals surface area contributed by atoms with Crippen LogP contribution >= 0.6 is 11.3 Å². The Balaban J connectivity index is 2.16. The van der Waals surface area contributed by atoms with Crippen molar-refractivity contribution < 1.29 is 8.91 Å². The van der Waals surface area contributed by atoms with Gasteiger partial charge in [-0.25, -0.2) is 4.39 Å². The largest absolute Gasteiger partial charge is 0.367 e. The van der Waals surface area contributed by atoms with Crippen LogP contribution in [0.3, 0.4) is 0 Å². The van der Waals surface area contributed by atoms with Crippen LogP contribution in [0.15, 0.2) is 40.9 Å². The normalized spacial score (nSPS) is 10.8. The van der Waals surface area contributed by atoms with E-state index in [1.54, 1.807) is 23.5 Å². The summed E-state index contributed by atoms with van der Waals surface area (Å²) in [7, 11) is 0. The van der Waals surface area contributed by atoms with Gasteiger partial charge in [0, 0.05) is 4.88 Å². The summed E-state index contributed by atoms with van der Waals surface area (Å²) in [6.07, 6.45) is 0. The molecular weight excluding hydrogens is 263 g/mol. The van der Waals surface area contributed by atoms with Gasteiger partial charge in [-0.05, 0) is 36.8 Å². The monoisotopic (exact) mass is 274 g/mol. The number of hydrogen-bond acceptors (Lipinski definition) is 4. The highest BCUT2D eigenvalue weighted by atomic mass is 32.1. The van der Waals surface area contributed by atoms with Crippen LogP contribution in [0.1, 0.15) is 4.88 Å². The molecule has 0 fully saturated rings. The van der Waals surface area contributed by atoms with Crippen molar-refractivity contribution in [2.75, 3.05) is 5.73 Å². The molecule has 5 heteroatoms. The zero-order valence-electron chi connectivity index (χ0n) is 10.2. The Kier molecular flexibility index (Phi) is 2.83. The minimum absolute atomic E-state index is 0.243. The molecule has 0 amide bonds. The van der Waals surface area contributed by atoms with Gasteiger partial charge in [0.1, 0.15) is 11.5 Å².